The van der Waals surface area contributed by atoms with Crippen molar-refractivity contribution in [3.8, 4) is 0 Å². The number of rotatable bonds is 10. The minimum atomic E-state index is -3.81. The predicted molar refractivity (Wildman–Crippen MR) is 110 cm³/mol. The summed E-state index contributed by atoms with van der Waals surface area (Å²) in [6.07, 6.45) is -0.720. The molecule has 1 aromatic carbocycles. The first kappa shape index (κ1) is 24.9. The first-order chi connectivity index (χ1) is 13.5. The van der Waals surface area contributed by atoms with E-state index in [0.29, 0.717) is 18.7 Å². The molecule has 0 saturated carbocycles. The zero-order valence-corrected chi connectivity index (χ0v) is 18.4. The molecule has 0 aliphatic rings. The van der Waals surface area contributed by atoms with Crippen LogP contribution in [0.1, 0.15) is 41.0 Å². The van der Waals surface area contributed by atoms with E-state index >= 15 is 0 Å². The van der Waals surface area contributed by atoms with Gasteiger partial charge in [-0.05, 0) is 52.3 Å². The van der Waals surface area contributed by atoms with Crippen LogP contribution < -0.4 is 15.4 Å². The molecule has 10 heteroatoms. The Hall–Kier alpha value is -2.17. The predicted octanol–water partition coefficient (Wildman–Crippen LogP) is 2.24. The zero-order valence-electron chi connectivity index (χ0n) is 17.6. The molecule has 2 amide bonds. The highest BCUT2D eigenvalue weighted by Gasteiger charge is 2.19. The molecule has 0 spiro atoms. The summed E-state index contributed by atoms with van der Waals surface area (Å²) in [5.74, 6) is -0.335. The van der Waals surface area contributed by atoms with Gasteiger partial charge in [-0.1, -0.05) is 13.0 Å². The molecule has 164 valence electrons. The largest absolute Gasteiger partial charge is 0.444 e. The molecule has 3 N–H and O–H groups in total. The number of alkyl carbamates (subject to hydrolysis) is 1. The SMILES string of the molecule is CCOC(CC)C(=O)Nc1cccc(S(=O)(=O)NCCNC(=O)OC(C)(C)C)c1. The quantitative estimate of drug-likeness (QED) is 0.490. The average molecular weight is 430 g/mol. The van der Waals surface area contributed by atoms with Crippen LogP contribution in [0.3, 0.4) is 0 Å². The summed E-state index contributed by atoms with van der Waals surface area (Å²) in [6, 6.07) is 5.91. The Balaban J connectivity index is 2.65. The van der Waals surface area contributed by atoms with E-state index in [1.165, 1.54) is 18.2 Å². The van der Waals surface area contributed by atoms with Gasteiger partial charge in [0.15, 0.2) is 0 Å². The third kappa shape index (κ3) is 9.25. The van der Waals surface area contributed by atoms with Crippen LogP contribution in [0, 0.1) is 0 Å². The van der Waals surface area contributed by atoms with Crippen molar-refractivity contribution in [1.82, 2.24) is 10.0 Å². The second-order valence-electron chi connectivity index (χ2n) is 7.20. The summed E-state index contributed by atoms with van der Waals surface area (Å²) in [5.41, 5.74) is -0.282. The van der Waals surface area contributed by atoms with E-state index in [0.717, 1.165) is 0 Å². The highest BCUT2D eigenvalue weighted by atomic mass is 32.2. The minimum Gasteiger partial charge on any atom is -0.444 e. The van der Waals surface area contributed by atoms with Crippen molar-refractivity contribution in [1.29, 1.82) is 0 Å². The fraction of sp³-hybridized carbons (Fsp3) is 0.579. The van der Waals surface area contributed by atoms with Crippen molar-refractivity contribution in [2.24, 2.45) is 0 Å². The fourth-order valence-corrected chi connectivity index (χ4v) is 3.37. The highest BCUT2D eigenvalue weighted by molar-refractivity contribution is 7.89. The third-order valence-electron chi connectivity index (χ3n) is 3.53. The Bertz CT molecular complexity index is 789. The molecule has 1 atom stereocenters. The first-order valence-corrected chi connectivity index (χ1v) is 11.0. The van der Waals surface area contributed by atoms with Gasteiger partial charge in [0.1, 0.15) is 11.7 Å². The lowest BCUT2D eigenvalue weighted by atomic mass is 10.2. The first-order valence-electron chi connectivity index (χ1n) is 9.47. The fourth-order valence-electron chi connectivity index (χ4n) is 2.29. The Morgan fingerprint density at radius 1 is 1.14 bits per heavy atom. The Morgan fingerprint density at radius 2 is 1.83 bits per heavy atom. The van der Waals surface area contributed by atoms with Gasteiger partial charge in [-0.25, -0.2) is 17.9 Å². The number of hydrogen-bond acceptors (Lipinski definition) is 6. The van der Waals surface area contributed by atoms with E-state index < -0.39 is 27.8 Å². The third-order valence-corrected chi connectivity index (χ3v) is 4.99. The van der Waals surface area contributed by atoms with E-state index in [2.05, 4.69) is 15.4 Å². The topological polar surface area (TPSA) is 123 Å². The number of hydrogen-bond donors (Lipinski definition) is 3. The van der Waals surface area contributed by atoms with Gasteiger partial charge in [0.25, 0.3) is 5.91 Å². The molecule has 0 fully saturated rings. The van der Waals surface area contributed by atoms with Gasteiger partial charge >= 0.3 is 6.09 Å². The van der Waals surface area contributed by atoms with Crippen LogP contribution in [0.25, 0.3) is 0 Å². The molecule has 29 heavy (non-hydrogen) atoms. The number of benzene rings is 1. The molecular formula is C19H31N3O6S. The average Bonchev–Trinajstić information content (AvgIpc) is 2.62. The van der Waals surface area contributed by atoms with E-state index in [-0.39, 0.29) is 23.9 Å². The number of sulfonamides is 1. The van der Waals surface area contributed by atoms with Gasteiger partial charge in [-0.15, -0.1) is 0 Å². The van der Waals surface area contributed by atoms with Gasteiger partial charge in [0, 0.05) is 25.4 Å². The van der Waals surface area contributed by atoms with Crippen LogP contribution in [-0.2, 0) is 24.3 Å². The normalized spacial score (nSPS) is 12.9. The minimum absolute atomic E-state index is 0.00275. The lowest BCUT2D eigenvalue weighted by Gasteiger charge is -2.19. The van der Waals surface area contributed by atoms with Crippen molar-refractivity contribution in [3.05, 3.63) is 24.3 Å². The number of ether oxygens (including phenoxy) is 2. The zero-order chi connectivity index (χ0) is 22.1. The maximum Gasteiger partial charge on any atom is 0.407 e. The van der Waals surface area contributed by atoms with Crippen molar-refractivity contribution < 1.29 is 27.5 Å². The molecule has 9 nitrogen and oxygen atoms in total. The van der Waals surface area contributed by atoms with Crippen LogP contribution in [0.2, 0.25) is 0 Å². The summed E-state index contributed by atoms with van der Waals surface area (Å²) in [4.78, 5) is 23.8. The van der Waals surface area contributed by atoms with Crippen molar-refractivity contribution >= 4 is 27.7 Å². The summed E-state index contributed by atoms with van der Waals surface area (Å²) in [7, 11) is -3.81. The van der Waals surface area contributed by atoms with Gasteiger partial charge in [0.05, 0.1) is 4.90 Å². The van der Waals surface area contributed by atoms with E-state index in [9.17, 15) is 18.0 Å². The van der Waals surface area contributed by atoms with Gasteiger partial charge in [-0.3, -0.25) is 4.79 Å². The molecule has 1 unspecified atom stereocenters. The molecule has 0 aliphatic carbocycles. The molecule has 0 bridgehead atoms. The molecule has 0 saturated heterocycles. The molecule has 1 aromatic rings. The number of amides is 2. The van der Waals surface area contributed by atoms with Gasteiger partial charge in [0.2, 0.25) is 10.0 Å². The Kier molecular flexibility index (Phi) is 9.54. The maximum atomic E-state index is 12.4. The molecular weight excluding hydrogens is 398 g/mol. The van der Waals surface area contributed by atoms with E-state index in [1.54, 1.807) is 33.8 Å². The van der Waals surface area contributed by atoms with Crippen molar-refractivity contribution in [2.75, 3.05) is 25.0 Å². The van der Waals surface area contributed by atoms with E-state index in [4.69, 9.17) is 9.47 Å². The molecule has 0 radical (unpaired) electrons. The second kappa shape index (κ2) is 11.1. The van der Waals surface area contributed by atoms with Crippen LogP contribution in [0.15, 0.2) is 29.2 Å². The number of nitrogens with one attached hydrogen (secondary N) is 3. The van der Waals surface area contributed by atoms with Crippen molar-refractivity contribution in [2.45, 2.75) is 57.6 Å². The molecule has 0 heterocycles. The number of carbonyl (C=O) groups is 2. The molecule has 0 aliphatic heterocycles. The number of anilines is 1. The highest BCUT2D eigenvalue weighted by Crippen LogP contribution is 2.16. The summed E-state index contributed by atoms with van der Waals surface area (Å²) >= 11 is 0. The van der Waals surface area contributed by atoms with Crippen LogP contribution in [-0.4, -0.2) is 51.8 Å². The second-order valence-corrected chi connectivity index (χ2v) is 8.96. The van der Waals surface area contributed by atoms with E-state index in [1.807, 2.05) is 6.92 Å². The van der Waals surface area contributed by atoms with Crippen LogP contribution >= 0.6 is 0 Å². The smallest absolute Gasteiger partial charge is 0.407 e. The lowest BCUT2D eigenvalue weighted by molar-refractivity contribution is -0.127. The summed E-state index contributed by atoms with van der Waals surface area (Å²) < 4.78 is 37.7. The monoisotopic (exact) mass is 429 g/mol. The maximum absolute atomic E-state index is 12.4. The summed E-state index contributed by atoms with van der Waals surface area (Å²) in [6.45, 7) is 9.29. The van der Waals surface area contributed by atoms with Crippen LogP contribution in [0.4, 0.5) is 10.5 Å². The molecule has 1 rings (SSSR count). The van der Waals surface area contributed by atoms with Crippen LogP contribution in [0.5, 0.6) is 0 Å². The Labute approximate surface area is 172 Å². The Morgan fingerprint density at radius 3 is 2.41 bits per heavy atom. The lowest BCUT2D eigenvalue weighted by Crippen LogP contribution is -2.37. The standard InChI is InChI=1S/C19H31N3O6S/c1-6-16(27-7-2)17(23)22-14-9-8-10-15(13-14)29(25,26)21-12-11-20-18(24)28-19(3,4)5/h8-10,13,16,21H,6-7,11-12H2,1-5H3,(H,20,24)(H,22,23). The van der Waals surface area contributed by atoms with Crippen molar-refractivity contribution in [3.63, 3.8) is 0 Å². The van der Waals surface area contributed by atoms with Gasteiger partial charge < -0.3 is 20.1 Å². The van der Waals surface area contributed by atoms with Gasteiger partial charge in [-0.2, -0.15) is 0 Å². The number of carbonyl (C=O) groups excluding carboxylic acids is 2. The molecule has 0 aromatic heterocycles. The summed E-state index contributed by atoms with van der Waals surface area (Å²) in [5, 5.41) is 5.14.